The van der Waals surface area contributed by atoms with E-state index >= 15 is 0 Å². The lowest BCUT2D eigenvalue weighted by Crippen LogP contribution is -2.39. The molecule has 8 aromatic rings. The van der Waals surface area contributed by atoms with E-state index in [1.807, 2.05) is 108 Å². The number of tetrazole rings is 1. The third kappa shape index (κ3) is 8.48. The fraction of sp³-hybridized carbons (Fsp3) is 0.224. The van der Waals surface area contributed by atoms with E-state index in [1.54, 1.807) is 32.3 Å². The maximum absolute atomic E-state index is 13.6. The first-order chi connectivity index (χ1) is 29.5. The van der Waals surface area contributed by atoms with Gasteiger partial charge in [-0.25, -0.2) is 19.3 Å². The monoisotopic (exact) mass is 816 g/mol. The van der Waals surface area contributed by atoms with Crippen molar-refractivity contribution in [2.45, 2.75) is 72.3 Å². The molecule has 1 N–H and O–H groups in total. The molecular formula is C49H48N6O6. The second-order valence-corrected chi connectivity index (χ2v) is 15.2. The van der Waals surface area contributed by atoms with Crippen LogP contribution in [0.3, 0.4) is 0 Å². The van der Waals surface area contributed by atoms with Crippen molar-refractivity contribution in [2.24, 2.45) is 0 Å². The van der Waals surface area contributed by atoms with Gasteiger partial charge in [0, 0.05) is 12.1 Å². The lowest BCUT2D eigenvalue weighted by atomic mass is 9.77. The number of aromatic nitrogens is 6. The van der Waals surface area contributed by atoms with Crippen LogP contribution >= 0.6 is 0 Å². The zero-order valence-corrected chi connectivity index (χ0v) is 35.1. The van der Waals surface area contributed by atoms with Crippen LogP contribution in [0.5, 0.6) is 0 Å². The number of esters is 1. The van der Waals surface area contributed by atoms with Crippen LogP contribution in [0.15, 0.2) is 153 Å². The Labute approximate surface area is 354 Å². The van der Waals surface area contributed by atoms with Crippen LogP contribution in [0, 0.1) is 13.8 Å². The molecule has 5 aromatic carbocycles. The number of aryl methyl sites for hydroxylation is 2. The molecule has 61 heavy (non-hydrogen) atoms. The Kier molecular flexibility index (Phi) is 12.4. The third-order valence-electron chi connectivity index (χ3n) is 10.2. The average molecular weight is 817 g/mol. The maximum atomic E-state index is 13.6. The standard InChI is InChI=1S/C46H40N6O6.C3H8/c1-30-39(58-44(54)57-30)29-56-43(53)40-41(45(3,4)55)47-31(2)51(40)28-32-24-26-33(27-25-32)37-22-14-15-23-38(37)42-48-49-50-52(42)46(34-16-8-5-9-17-34,35-18-10-6-11-19-35)36-20-12-7-13-21-36;1-3-2/h5-27,55H,28-29H2,1-4H3;3H2,1-2H3. The van der Waals surface area contributed by atoms with E-state index in [0.717, 1.165) is 38.9 Å². The summed E-state index contributed by atoms with van der Waals surface area (Å²) in [5, 5.41) is 24.7. The summed E-state index contributed by atoms with van der Waals surface area (Å²) in [5.41, 5.74) is 4.42. The van der Waals surface area contributed by atoms with Gasteiger partial charge in [-0.15, -0.1) is 5.10 Å². The van der Waals surface area contributed by atoms with Crippen LogP contribution in [0.1, 0.15) is 89.9 Å². The molecule has 8 rings (SSSR count). The summed E-state index contributed by atoms with van der Waals surface area (Å²) in [6.07, 6.45) is 1.25. The van der Waals surface area contributed by atoms with Crippen molar-refractivity contribution in [3.05, 3.63) is 201 Å². The topological polar surface area (TPSA) is 151 Å². The molecular weight excluding hydrogens is 769 g/mol. The van der Waals surface area contributed by atoms with Crippen LogP contribution < -0.4 is 5.82 Å². The van der Waals surface area contributed by atoms with E-state index in [1.165, 1.54) is 6.42 Å². The van der Waals surface area contributed by atoms with Gasteiger partial charge in [0.05, 0.1) is 0 Å². The molecule has 0 spiro atoms. The van der Waals surface area contributed by atoms with Crippen LogP contribution in [0.4, 0.5) is 0 Å². The second kappa shape index (κ2) is 18.0. The van der Waals surface area contributed by atoms with E-state index < -0.39 is 22.9 Å². The van der Waals surface area contributed by atoms with Crippen LogP contribution in [-0.2, 0) is 29.0 Å². The highest BCUT2D eigenvalue weighted by Gasteiger charge is 2.42. The van der Waals surface area contributed by atoms with Crippen LogP contribution in [-0.4, -0.2) is 40.8 Å². The summed E-state index contributed by atoms with van der Waals surface area (Å²) in [5.74, 6) is -0.215. The molecule has 0 aliphatic heterocycles. The molecule has 0 bridgehead atoms. The molecule has 0 radical (unpaired) electrons. The molecule has 310 valence electrons. The first-order valence-electron chi connectivity index (χ1n) is 20.2. The molecule has 0 fully saturated rings. The highest BCUT2D eigenvalue weighted by molar-refractivity contribution is 5.89. The summed E-state index contributed by atoms with van der Waals surface area (Å²) in [6.45, 7) is 10.6. The minimum Gasteiger partial charge on any atom is -0.453 e. The number of imidazole rings is 1. The number of hydrogen-bond donors (Lipinski definition) is 1. The first-order valence-corrected chi connectivity index (χ1v) is 20.2. The molecule has 0 unspecified atom stereocenters. The summed E-state index contributed by atoms with van der Waals surface area (Å²) in [7, 11) is 0. The lowest BCUT2D eigenvalue weighted by Gasteiger charge is -2.36. The zero-order chi connectivity index (χ0) is 43.1. The van der Waals surface area contributed by atoms with Gasteiger partial charge in [0.2, 0.25) is 0 Å². The number of carbonyl (C=O) groups is 1. The number of nitrogens with zero attached hydrogens (tertiary/aromatic N) is 6. The number of aliphatic hydroxyl groups is 1. The van der Waals surface area contributed by atoms with E-state index in [0.29, 0.717) is 11.6 Å². The minimum absolute atomic E-state index is 0.0912. The van der Waals surface area contributed by atoms with Crippen LogP contribution in [0.2, 0.25) is 0 Å². The van der Waals surface area contributed by atoms with E-state index in [9.17, 15) is 14.7 Å². The van der Waals surface area contributed by atoms with Crippen molar-refractivity contribution >= 4 is 5.97 Å². The number of rotatable bonds is 12. The van der Waals surface area contributed by atoms with Gasteiger partial charge < -0.3 is 23.2 Å². The summed E-state index contributed by atoms with van der Waals surface area (Å²) >= 11 is 0. The number of hydrogen-bond acceptors (Lipinski definition) is 10. The van der Waals surface area contributed by atoms with E-state index in [-0.39, 0.29) is 36.1 Å². The lowest BCUT2D eigenvalue weighted by molar-refractivity contribution is 0.0395. The molecule has 12 nitrogen and oxygen atoms in total. The van der Waals surface area contributed by atoms with Gasteiger partial charge in [0.1, 0.15) is 22.7 Å². The van der Waals surface area contributed by atoms with Gasteiger partial charge in [0.15, 0.2) is 29.6 Å². The molecule has 3 aromatic heterocycles. The quantitative estimate of drug-likeness (QED) is 0.0933. The van der Waals surface area contributed by atoms with Gasteiger partial charge in [-0.05, 0) is 71.5 Å². The molecule has 0 saturated carbocycles. The minimum atomic E-state index is -1.45. The Morgan fingerprint density at radius 3 is 1.77 bits per heavy atom. The van der Waals surface area contributed by atoms with Gasteiger partial charge in [-0.1, -0.05) is 160 Å². The van der Waals surface area contributed by atoms with Gasteiger partial charge in [-0.3, -0.25) is 0 Å². The van der Waals surface area contributed by atoms with Crippen molar-refractivity contribution in [1.82, 2.24) is 29.8 Å². The summed E-state index contributed by atoms with van der Waals surface area (Å²) < 4.78 is 19.1. The molecule has 3 heterocycles. The Balaban J connectivity index is 0.00000182. The highest BCUT2D eigenvalue weighted by Crippen LogP contribution is 2.43. The molecule has 0 aliphatic carbocycles. The van der Waals surface area contributed by atoms with Crippen LogP contribution in [0.25, 0.3) is 22.5 Å². The molecule has 0 aliphatic rings. The highest BCUT2D eigenvalue weighted by atomic mass is 16.6. The van der Waals surface area contributed by atoms with Gasteiger partial charge in [-0.2, -0.15) is 0 Å². The summed E-state index contributed by atoms with van der Waals surface area (Å²) in [6, 6.07) is 46.9. The molecule has 0 amide bonds. The Morgan fingerprint density at radius 2 is 1.26 bits per heavy atom. The second-order valence-electron chi connectivity index (χ2n) is 15.2. The fourth-order valence-corrected chi connectivity index (χ4v) is 7.49. The predicted molar refractivity (Wildman–Crippen MR) is 232 cm³/mol. The number of ether oxygens (including phenoxy) is 1. The van der Waals surface area contributed by atoms with E-state index in [2.05, 4.69) is 65.5 Å². The SMILES string of the molecule is CCC.Cc1oc(=O)oc1COC(=O)c1c(C(C)(C)O)nc(C)n1Cc1ccc(-c2ccccc2-c2nnnn2C(c2ccccc2)(c2ccccc2)c2ccccc2)cc1. The first kappa shape index (κ1) is 42.0. The van der Waals surface area contributed by atoms with Crippen molar-refractivity contribution < 1.29 is 23.5 Å². The van der Waals surface area contributed by atoms with Crippen molar-refractivity contribution in [3.63, 3.8) is 0 Å². The van der Waals surface area contributed by atoms with Crippen molar-refractivity contribution in [1.29, 1.82) is 0 Å². The largest absolute Gasteiger partial charge is 0.519 e. The number of benzene rings is 5. The Hall–Kier alpha value is -7.18. The fourth-order valence-electron chi connectivity index (χ4n) is 7.49. The molecule has 12 heteroatoms. The van der Waals surface area contributed by atoms with Crippen molar-refractivity contribution in [2.75, 3.05) is 0 Å². The maximum Gasteiger partial charge on any atom is 0.519 e. The van der Waals surface area contributed by atoms with E-state index in [4.69, 9.17) is 18.8 Å². The zero-order valence-electron chi connectivity index (χ0n) is 35.1. The number of carbonyl (C=O) groups excluding carboxylic acids is 1. The van der Waals surface area contributed by atoms with Gasteiger partial charge in [0.25, 0.3) is 0 Å². The summed E-state index contributed by atoms with van der Waals surface area (Å²) in [4.78, 5) is 29.7. The average Bonchev–Trinajstić information content (AvgIpc) is 3.98. The molecule has 0 atom stereocenters. The Bertz CT molecular complexity index is 2670. The third-order valence-corrected chi connectivity index (χ3v) is 10.2. The normalized spacial score (nSPS) is 11.5. The van der Waals surface area contributed by atoms with Gasteiger partial charge >= 0.3 is 11.8 Å². The Morgan fingerprint density at radius 1 is 0.738 bits per heavy atom. The van der Waals surface area contributed by atoms with Crippen molar-refractivity contribution in [3.8, 4) is 22.5 Å². The predicted octanol–water partition coefficient (Wildman–Crippen LogP) is 9.26. The smallest absolute Gasteiger partial charge is 0.453 e. The molecule has 0 saturated heterocycles.